The molecule has 2 nitrogen and oxygen atoms in total. The second-order valence-electron chi connectivity index (χ2n) is 3.99. The smallest absolute Gasteiger partial charge is 0.396 e. The summed E-state index contributed by atoms with van der Waals surface area (Å²) in [6.45, 7) is 6.68. The molecule has 1 unspecified atom stereocenters. The molecule has 0 saturated heterocycles. The summed E-state index contributed by atoms with van der Waals surface area (Å²) in [7, 11) is 9.33. The summed E-state index contributed by atoms with van der Waals surface area (Å²) >= 11 is 2.67. The minimum Gasteiger partial charge on any atom is -0.396 e. The van der Waals surface area contributed by atoms with Gasteiger partial charge in [0.15, 0.2) is 0 Å². The Morgan fingerprint density at radius 1 is 0.842 bits per heavy atom. The number of hydrogen-bond donors (Lipinski definition) is 2. The summed E-state index contributed by atoms with van der Waals surface area (Å²) in [5.74, 6) is 0. The largest absolute Gasteiger partial charge is 1.59 e. The predicted octanol–water partition coefficient (Wildman–Crippen LogP) is 4.12. The highest BCUT2D eigenvalue weighted by molar-refractivity contribution is 6.81. The van der Waals surface area contributed by atoms with E-state index in [0.717, 1.165) is 25.7 Å². The number of hydrogen-bond acceptors (Lipinski definition) is 2. The average molecular weight is 338 g/mol. The van der Waals surface area contributed by atoms with Crippen LogP contribution >= 0.6 is 18.1 Å². The molecule has 19 heavy (non-hydrogen) atoms. The zero-order valence-electron chi connectivity index (χ0n) is 13.0. The van der Waals surface area contributed by atoms with Gasteiger partial charge in [0.1, 0.15) is 0 Å². The molecule has 6 heteroatoms. The van der Waals surface area contributed by atoms with E-state index in [1.807, 2.05) is 6.92 Å². The Morgan fingerprint density at radius 2 is 1.26 bits per heavy atom. The zero-order valence-corrected chi connectivity index (χ0v) is 17.3. The van der Waals surface area contributed by atoms with Gasteiger partial charge in [-0.25, -0.2) is 0 Å². The molecule has 0 fully saturated rings. The van der Waals surface area contributed by atoms with Gasteiger partial charge < -0.3 is 10.2 Å². The van der Waals surface area contributed by atoms with Crippen molar-refractivity contribution in [3.63, 3.8) is 0 Å². The molecule has 0 aromatic rings. The van der Waals surface area contributed by atoms with Gasteiger partial charge in [0, 0.05) is 6.61 Å². The van der Waals surface area contributed by atoms with Gasteiger partial charge in [-0.3, -0.25) is 0 Å². The summed E-state index contributed by atoms with van der Waals surface area (Å²) in [5, 5.41) is 17.3. The lowest BCUT2D eigenvalue weighted by atomic mass is 10.1. The molecule has 0 aromatic heterocycles. The van der Waals surface area contributed by atoms with Gasteiger partial charge in [-0.1, -0.05) is 52.9 Å². The maximum absolute atomic E-state index is 9.08. The van der Waals surface area contributed by atoms with Crippen LogP contribution in [-0.4, -0.2) is 64.1 Å². The van der Waals surface area contributed by atoms with E-state index in [4.69, 9.17) is 10.2 Å². The second kappa shape index (κ2) is 36.9. The first-order valence-corrected chi connectivity index (χ1v) is 11.3. The number of aliphatic hydroxyl groups is 2. The van der Waals surface area contributed by atoms with Gasteiger partial charge in [-0.15, -0.1) is 0 Å². The summed E-state index contributed by atoms with van der Waals surface area (Å²) < 4.78 is 0. The third-order valence-corrected chi connectivity index (χ3v) is 2.37. The van der Waals surface area contributed by atoms with Gasteiger partial charge in [0.2, 0.25) is 0 Å². The molecule has 0 heterocycles. The van der Waals surface area contributed by atoms with Crippen molar-refractivity contribution in [1.82, 2.24) is 0 Å². The Bertz CT molecular complexity index is 109. The molecule has 0 amide bonds. The number of rotatable bonds is 8. The van der Waals surface area contributed by atoms with Crippen LogP contribution in [0.5, 0.6) is 0 Å². The van der Waals surface area contributed by atoms with Crippen molar-refractivity contribution >= 4 is 59.4 Å². The number of halogens is 2. The summed E-state index contributed by atoms with van der Waals surface area (Å²) in [4.78, 5) is 0. The van der Waals surface area contributed by atoms with E-state index in [1.165, 1.54) is 66.9 Å². The number of unbranched alkanes of at least 4 members (excludes halogenated alkanes) is 4. The van der Waals surface area contributed by atoms with Crippen LogP contribution in [0, 0.1) is 0 Å². The standard InChI is InChI=1S/C8H18O.C5H12O.2ClH.2Mg/c1-3-5-6-7-8(9)4-2;1-2-3-4-5-6;;;;/h8-9H,3-7H2,1-2H3;6H,2-5H2,1H3;2*1H;;/q;;;;2*+3/p-2. The van der Waals surface area contributed by atoms with E-state index >= 15 is 0 Å². The third kappa shape index (κ3) is 45.0. The van der Waals surface area contributed by atoms with E-state index < -0.39 is 0 Å². The van der Waals surface area contributed by atoms with Crippen LogP contribution in [0.2, 0.25) is 0 Å². The normalized spacial score (nSPS) is 9.95. The van der Waals surface area contributed by atoms with Crippen LogP contribution in [0.15, 0.2) is 0 Å². The molecule has 1 atom stereocenters. The molecule has 0 rings (SSSR count). The first-order valence-electron chi connectivity index (χ1n) is 7.05. The molecule has 108 valence electrons. The second-order valence-corrected chi connectivity index (χ2v) is 3.99. The molecular weight excluding hydrogens is 308 g/mol. The van der Waals surface area contributed by atoms with Crippen molar-refractivity contribution in [2.75, 3.05) is 6.61 Å². The minimum absolute atomic E-state index is 0.0449. The van der Waals surface area contributed by atoms with E-state index in [-0.39, 0.29) is 6.10 Å². The van der Waals surface area contributed by atoms with Gasteiger partial charge in [-0.05, 0) is 19.3 Å². The molecule has 0 aliphatic carbocycles. The molecule has 0 aromatic carbocycles. The van der Waals surface area contributed by atoms with E-state index in [0.29, 0.717) is 6.61 Å². The molecule has 0 saturated carbocycles. The maximum Gasteiger partial charge on any atom is 1.59 e. The topological polar surface area (TPSA) is 40.5 Å². The lowest BCUT2D eigenvalue weighted by Gasteiger charge is -2.04. The van der Waals surface area contributed by atoms with E-state index in [2.05, 4.69) is 32.0 Å². The minimum atomic E-state index is -0.0449. The fourth-order valence-corrected chi connectivity index (χ4v) is 1.20. The lowest BCUT2D eigenvalue weighted by Crippen LogP contribution is -2.02. The SMILES string of the molecule is CCCCCC(O)CC.CCCCCO.[Mg+2][Cl].[Mg+2][Cl]. The summed E-state index contributed by atoms with van der Waals surface area (Å²) in [6, 6.07) is 0. The molecular formula is C13H30Cl2Mg2O2+4. The Kier molecular flexibility index (Phi) is 56.4. The van der Waals surface area contributed by atoms with Crippen molar-refractivity contribution in [3.8, 4) is 0 Å². The molecule has 0 aliphatic heterocycles. The monoisotopic (exact) mass is 336 g/mol. The number of aliphatic hydroxyl groups excluding tert-OH is 2. The van der Waals surface area contributed by atoms with Gasteiger partial charge >= 0.3 is 59.4 Å². The zero-order chi connectivity index (χ0) is 15.9. The Balaban J connectivity index is -0.0000000977. The molecule has 2 N–H and O–H groups in total. The molecule has 0 spiro atoms. The quantitative estimate of drug-likeness (QED) is 0.516. The van der Waals surface area contributed by atoms with E-state index in [1.54, 1.807) is 0 Å². The van der Waals surface area contributed by atoms with Crippen molar-refractivity contribution in [2.24, 2.45) is 0 Å². The van der Waals surface area contributed by atoms with Crippen LogP contribution in [0.1, 0.15) is 72.1 Å². The van der Waals surface area contributed by atoms with Gasteiger partial charge in [0.25, 0.3) is 0 Å². The first kappa shape index (κ1) is 29.1. The Morgan fingerprint density at radius 3 is 1.53 bits per heavy atom. The first-order chi connectivity index (χ1) is 9.22. The van der Waals surface area contributed by atoms with Crippen LogP contribution in [-0.2, 0) is 0 Å². The Hall–Kier alpha value is 2.03. The van der Waals surface area contributed by atoms with Gasteiger partial charge in [-0.2, -0.15) is 0 Å². The van der Waals surface area contributed by atoms with E-state index in [9.17, 15) is 0 Å². The van der Waals surface area contributed by atoms with Crippen LogP contribution < -0.4 is 0 Å². The molecule has 14 radical (unpaired) electrons. The fraction of sp³-hybridized carbons (Fsp3) is 1.00. The third-order valence-electron chi connectivity index (χ3n) is 2.37. The highest BCUT2D eigenvalue weighted by atomic mass is 35.5. The summed E-state index contributed by atoms with van der Waals surface area (Å²) in [5.41, 5.74) is 0. The van der Waals surface area contributed by atoms with Crippen LogP contribution in [0.4, 0.5) is 0 Å². The van der Waals surface area contributed by atoms with Crippen molar-refractivity contribution in [3.05, 3.63) is 0 Å². The average Bonchev–Trinajstić information content (AvgIpc) is 2.50. The van der Waals surface area contributed by atoms with Crippen molar-refractivity contribution in [2.45, 2.75) is 78.2 Å². The molecule has 0 aliphatic rings. The van der Waals surface area contributed by atoms with Crippen molar-refractivity contribution in [1.29, 1.82) is 0 Å². The lowest BCUT2D eigenvalue weighted by molar-refractivity contribution is 0.156. The van der Waals surface area contributed by atoms with Gasteiger partial charge in [0.05, 0.1) is 6.10 Å². The highest BCUT2D eigenvalue weighted by Gasteiger charge is 2.16. The molecule has 0 bridgehead atoms. The maximum atomic E-state index is 9.08. The predicted molar refractivity (Wildman–Crippen MR) is 90.3 cm³/mol. The fourth-order valence-electron chi connectivity index (χ4n) is 1.20. The van der Waals surface area contributed by atoms with Crippen LogP contribution in [0.25, 0.3) is 0 Å². The highest BCUT2D eigenvalue weighted by Crippen LogP contribution is 2.04. The summed E-state index contributed by atoms with van der Waals surface area (Å²) in [6.07, 6.45) is 8.87. The van der Waals surface area contributed by atoms with Crippen LogP contribution in [0.3, 0.4) is 0 Å². The van der Waals surface area contributed by atoms with Crippen molar-refractivity contribution < 1.29 is 10.2 Å². The Labute approximate surface area is 153 Å².